The Morgan fingerprint density at radius 3 is 2.65 bits per heavy atom. The van der Waals surface area contributed by atoms with Gasteiger partial charge in [-0.3, -0.25) is 9.59 Å². The van der Waals surface area contributed by atoms with E-state index in [1.54, 1.807) is 0 Å². The molecule has 0 aliphatic heterocycles. The molecule has 0 bridgehead atoms. The molecule has 2 amide bonds. The third-order valence-electron chi connectivity index (χ3n) is 2.71. The lowest BCUT2D eigenvalue weighted by atomic mass is 10.1. The molecule has 0 radical (unpaired) electrons. The Morgan fingerprint density at radius 1 is 1.45 bits per heavy atom. The molecule has 0 unspecified atom stereocenters. The van der Waals surface area contributed by atoms with E-state index in [0.717, 1.165) is 6.07 Å². The number of halogens is 2. The number of carbonyl (C=O) groups excluding carboxylic acids is 2. The van der Waals surface area contributed by atoms with E-state index >= 15 is 0 Å². The van der Waals surface area contributed by atoms with Gasteiger partial charge in [-0.1, -0.05) is 6.92 Å². The summed E-state index contributed by atoms with van der Waals surface area (Å²) in [6.45, 7) is 2.28. The van der Waals surface area contributed by atoms with Gasteiger partial charge < -0.3 is 16.0 Å². The molecule has 0 saturated carbocycles. The molecule has 110 valence electrons. The van der Waals surface area contributed by atoms with Gasteiger partial charge in [-0.2, -0.15) is 0 Å². The highest BCUT2D eigenvalue weighted by molar-refractivity contribution is 9.10. The zero-order valence-electron chi connectivity index (χ0n) is 11.4. The van der Waals surface area contributed by atoms with Crippen molar-refractivity contribution in [1.29, 1.82) is 0 Å². The van der Waals surface area contributed by atoms with Gasteiger partial charge in [0.1, 0.15) is 5.82 Å². The van der Waals surface area contributed by atoms with Gasteiger partial charge in [0.25, 0.3) is 5.91 Å². The molecule has 0 fully saturated rings. The molecule has 20 heavy (non-hydrogen) atoms. The smallest absolute Gasteiger partial charge is 0.255 e. The fourth-order valence-corrected chi connectivity index (χ4v) is 2.16. The number of nitrogens with one attached hydrogen (secondary N) is 1. The zero-order chi connectivity index (χ0) is 15.3. The van der Waals surface area contributed by atoms with Gasteiger partial charge in [0.2, 0.25) is 5.91 Å². The summed E-state index contributed by atoms with van der Waals surface area (Å²) in [5, 5.41) is 2.47. The van der Waals surface area contributed by atoms with Crippen LogP contribution in [0.4, 0.5) is 10.1 Å². The van der Waals surface area contributed by atoms with Crippen LogP contribution in [0, 0.1) is 5.82 Å². The fraction of sp³-hybridized carbons (Fsp3) is 0.385. The molecule has 0 aliphatic rings. The molecule has 0 aromatic heterocycles. The summed E-state index contributed by atoms with van der Waals surface area (Å²) in [4.78, 5) is 25.2. The molecule has 0 aliphatic carbocycles. The van der Waals surface area contributed by atoms with Gasteiger partial charge in [-0.15, -0.1) is 0 Å². The number of hydrogen-bond donors (Lipinski definition) is 2. The monoisotopic (exact) mass is 345 g/mol. The normalized spacial score (nSPS) is 10.2. The van der Waals surface area contributed by atoms with Crippen LogP contribution in [0.2, 0.25) is 0 Å². The van der Waals surface area contributed by atoms with E-state index in [4.69, 9.17) is 5.73 Å². The number of rotatable bonds is 5. The van der Waals surface area contributed by atoms with Crippen molar-refractivity contribution in [3.05, 3.63) is 28.0 Å². The highest BCUT2D eigenvalue weighted by Gasteiger charge is 2.21. The number of hydrogen-bond acceptors (Lipinski definition) is 3. The van der Waals surface area contributed by atoms with Crippen LogP contribution in [0.15, 0.2) is 16.6 Å². The second kappa shape index (κ2) is 7.23. The van der Waals surface area contributed by atoms with E-state index in [2.05, 4.69) is 21.2 Å². The van der Waals surface area contributed by atoms with Crippen LogP contribution in [0.5, 0.6) is 0 Å². The fourth-order valence-electron chi connectivity index (χ4n) is 1.67. The Labute approximate surface area is 125 Å². The first-order valence-corrected chi connectivity index (χ1v) is 6.94. The summed E-state index contributed by atoms with van der Waals surface area (Å²) in [7, 11) is 1.50. The van der Waals surface area contributed by atoms with Gasteiger partial charge >= 0.3 is 0 Å². The Bertz CT molecular complexity index is 523. The third-order valence-corrected chi connectivity index (χ3v) is 3.37. The first-order chi connectivity index (χ1) is 9.40. The molecule has 0 heterocycles. The molecule has 5 nitrogen and oxygen atoms in total. The summed E-state index contributed by atoms with van der Waals surface area (Å²) in [5.74, 6) is -1.23. The Kier molecular flexibility index (Phi) is 5.94. The second-order valence-electron chi connectivity index (χ2n) is 4.25. The molecule has 0 spiro atoms. The van der Waals surface area contributed by atoms with Crippen LogP contribution in [0.1, 0.15) is 23.7 Å². The Morgan fingerprint density at radius 2 is 2.10 bits per heavy atom. The number of nitrogens with zero attached hydrogens (tertiary/aromatic N) is 1. The van der Waals surface area contributed by atoms with Crippen LogP contribution in [-0.4, -0.2) is 36.9 Å². The zero-order valence-corrected chi connectivity index (χ0v) is 13.0. The number of nitrogens with two attached hydrogens (primary N) is 1. The number of benzene rings is 1. The highest BCUT2D eigenvalue weighted by Crippen LogP contribution is 2.24. The van der Waals surface area contributed by atoms with Crippen LogP contribution >= 0.6 is 15.9 Å². The maximum absolute atomic E-state index is 13.3. The number of amides is 2. The second-order valence-corrected chi connectivity index (χ2v) is 5.11. The summed E-state index contributed by atoms with van der Waals surface area (Å²) >= 11 is 3.14. The van der Waals surface area contributed by atoms with E-state index < -0.39 is 5.82 Å². The van der Waals surface area contributed by atoms with E-state index in [0.29, 0.717) is 17.4 Å². The standard InChI is InChI=1S/C13H17BrFN3O2/c1-3-4-18(7-12(19)17-2)13(20)8-5-11(16)10(15)6-9(8)14/h5-6H,3-4,7,16H2,1-2H3,(H,17,19). The van der Waals surface area contributed by atoms with Crippen molar-refractivity contribution in [2.45, 2.75) is 13.3 Å². The largest absolute Gasteiger partial charge is 0.396 e. The predicted molar refractivity (Wildman–Crippen MR) is 78.8 cm³/mol. The number of likely N-dealkylation sites (N-methyl/N-ethyl adjacent to an activating group) is 1. The number of carbonyl (C=O) groups is 2. The van der Waals surface area contributed by atoms with E-state index in [1.165, 1.54) is 18.0 Å². The van der Waals surface area contributed by atoms with Gasteiger partial charge in [0.05, 0.1) is 17.8 Å². The minimum atomic E-state index is -0.596. The molecule has 0 saturated heterocycles. The molecule has 0 atom stereocenters. The minimum Gasteiger partial charge on any atom is -0.396 e. The van der Waals surface area contributed by atoms with Crippen molar-refractivity contribution < 1.29 is 14.0 Å². The molecular formula is C13H17BrFN3O2. The lowest BCUT2D eigenvalue weighted by Crippen LogP contribution is -2.40. The van der Waals surface area contributed by atoms with Crippen LogP contribution in [0.25, 0.3) is 0 Å². The average Bonchev–Trinajstić information content (AvgIpc) is 2.41. The van der Waals surface area contributed by atoms with Crippen molar-refractivity contribution >= 4 is 33.4 Å². The van der Waals surface area contributed by atoms with Crippen molar-refractivity contribution in [2.75, 3.05) is 25.9 Å². The molecule has 1 aromatic rings. The molecule has 1 aromatic carbocycles. The summed E-state index contributed by atoms with van der Waals surface area (Å²) in [6, 6.07) is 2.42. The molecule has 1 rings (SSSR count). The maximum atomic E-state index is 13.3. The van der Waals surface area contributed by atoms with E-state index in [9.17, 15) is 14.0 Å². The lowest BCUT2D eigenvalue weighted by molar-refractivity contribution is -0.121. The van der Waals surface area contributed by atoms with E-state index in [-0.39, 0.29) is 29.6 Å². The number of anilines is 1. The van der Waals surface area contributed by atoms with Crippen LogP contribution < -0.4 is 11.1 Å². The van der Waals surface area contributed by atoms with E-state index in [1.807, 2.05) is 6.92 Å². The van der Waals surface area contributed by atoms with Crippen LogP contribution in [0.3, 0.4) is 0 Å². The first-order valence-electron chi connectivity index (χ1n) is 6.15. The van der Waals surface area contributed by atoms with Crippen LogP contribution in [-0.2, 0) is 4.79 Å². The molecular weight excluding hydrogens is 329 g/mol. The van der Waals surface area contributed by atoms with Gasteiger partial charge in [-0.25, -0.2) is 4.39 Å². The molecule has 7 heteroatoms. The van der Waals surface area contributed by atoms with Gasteiger partial charge in [-0.05, 0) is 34.5 Å². The van der Waals surface area contributed by atoms with Crippen molar-refractivity contribution in [2.24, 2.45) is 0 Å². The predicted octanol–water partition coefficient (Wildman–Crippen LogP) is 1.77. The third kappa shape index (κ3) is 3.93. The summed E-state index contributed by atoms with van der Waals surface area (Å²) in [6.07, 6.45) is 0.705. The topological polar surface area (TPSA) is 75.4 Å². The molecule has 3 N–H and O–H groups in total. The van der Waals surface area contributed by atoms with Crippen molar-refractivity contribution in [3.8, 4) is 0 Å². The SMILES string of the molecule is CCCN(CC(=O)NC)C(=O)c1cc(N)c(F)cc1Br. The first kappa shape index (κ1) is 16.4. The number of nitrogen functional groups attached to an aromatic ring is 1. The highest BCUT2D eigenvalue weighted by atomic mass is 79.9. The summed E-state index contributed by atoms with van der Waals surface area (Å²) < 4.78 is 13.6. The summed E-state index contributed by atoms with van der Waals surface area (Å²) in [5.41, 5.74) is 5.62. The lowest BCUT2D eigenvalue weighted by Gasteiger charge is -2.22. The van der Waals surface area contributed by atoms with Crippen molar-refractivity contribution in [3.63, 3.8) is 0 Å². The average molecular weight is 346 g/mol. The van der Waals surface area contributed by atoms with Gasteiger partial charge in [0.15, 0.2) is 0 Å². The Balaban J connectivity index is 3.05. The minimum absolute atomic E-state index is 0.0487. The Hall–Kier alpha value is -1.63. The maximum Gasteiger partial charge on any atom is 0.255 e. The van der Waals surface area contributed by atoms with Crippen molar-refractivity contribution in [1.82, 2.24) is 10.2 Å². The van der Waals surface area contributed by atoms with Gasteiger partial charge in [0, 0.05) is 18.1 Å². The quantitative estimate of drug-likeness (QED) is 0.798.